The number of nitrogens with zero attached hydrogens (tertiary/aromatic N) is 3. The molecule has 152 valence electrons. The van der Waals surface area contributed by atoms with E-state index in [9.17, 15) is 4.79 Å². The van der Waals surface area contributed by atoms with Crippen LogP contribution in [0.1, 0.15) is 42.9 Å². The van der Waals surface area contributed by atoms with E-state index in [1.165, 1.54) is 0 Å². The lowest BCUT2D eigenvalue weighted by atomic mass is 9.96. The van der Waals surface area contributed by atoms with Crippen molar-refractivity contribution in [3.63, 3.8) is 0 Å². The molecule has 3 aromatic heterocycles. The second kappa shape index (κ2) is 8.21. The van der Waals surface area contributed by atoms with Crippen LogP contribution in [0, 0.1) is 5.92 Å². The van der Waals surface area contributed by atoms with Gasteiger partial charge in [0.25, 0.3) is 5.91 Å². The van der Waals surface area contributed by atoms with Crippen molar-refractivity contribution in [1.82, 2.24) is 9.97 Å². The monoisotopic (exact) mass is 393 g/mol. The number of aromatic nitrogens is 2. The number of hydrogen-bond acceptors (Lipinski definition) is 6. The molecule has 1 amide bonds. The SMILES string of the molecule is CCCc1cc2nc(C(=O)Nc3cnccc3N3CC(C)CC(N)C3)ccc2o1. The van der Waals surface area contributed by atoms with Crippen LogP contribution < -0.4 is 16.0 Å². The largest absolute Gasteiger partial charge is 0.459 e. The van der Waals surface area contributed by atoms with Gasteiger partial charge in [-0.05, 0) is 37.0 Å². The second-order valence-corrected chi connectivity index (χ2v) is 7.90. The van der Waals surface area contributed by atoms with Crippen LogP contribution in [0.15, 0.2) is 41.1 Å². The van der Waals surface area contributed by atoms with Crippen LogP contribution in [0.3, 0.4) is 0 Å². The van der Waals surface area contributed by atoms with Gasteiger partial charge in [-0.15, -0.1) is 0 Å². The van der Waals surface area contributed by atoms with Gasteiger partial charge in [-0.1, -0.05) is 13.8 Å². The summed E-state index contributed by atoms with van der Waals surface area (Å²) in [5.41, 5.74) is 9.55. The second-order valence-electron chi connectivity index (χ2n) is 7.90. The molecule has 0 saturated carbocycles. The van der Waals surface area contributed by atoms with Crippen molar-refractivity contribution < 1.29 is 9.21 Å². The van der Waals surface area contributed by atoms with Crippen molar-refractivity contribution in [2.75, 3.05) is 23.3 Å². The molecule has 0 spiro atoms. The highest BCUT2D eigenvalue weighted by Gasteiger charge is 2.24. The van der Waals surface area contributed by atoms with E-state index in [0.29, 0.717) is 28.4 Å². The minimum absolute atomic E-state index is 0.123. The number of pyridine rings is 2. The number of rotatable bonds is 5. The average molecular weight is 393 g/mol. The quantitative estimate of drug-likeness (QED) is 0.687. The number of aryl methyl sites for hydroxylation is 1. The van der Waals surface area contributed by atoms with Crippen LogP contribution in [0.25, 0.3) is 11.1 Å². The first-order valence-corrected chi connectivity index (χ1v) is 10.2. The van der Waals surface area contributed by atoms with Gasteiger partial charge in [-0.3, -0.25) is 9.78 Å². The number of nitrogens with one attached hydrogen (secondary N) is 1. The molecule has 2 unspecified atom stereocenters. The molecule has 0 aromatic carbocycles. The Bertz CT molecular complexity index is 1010. The predicted molar refractivity (Wildman–Crippen MR) is 114 cm³/mol. The molecule has 1 aliphatic rings. The summed E-state index contributed by atoms with van der Waals surface area (Å²) in [6.45, 7) is 5.96. The zero-order valence-corrected chi connectivity index (χ0v) is 16.9. The summed E-state index contributed by atoms with van der Waals surface area (Å²) in [5, 5.41) is 2.97. The molecule has 3 N–H and O–H groups in total. The Balaban J connectivity index is 1.56. The maximum Gasteiger partial charge on any atom is 0.274 e. The summed E-state index contributed by atoms with van der Waals surface area (Å²) < 4.78 is 5.76. The Morgan fingerprint density at radius 1 is 1.34 bits per heavy atom. The topological polar surface area (TPSA) is 97.3 Å². The van der Waals surface area contributed by atoms with Crippen LogP contribution >= 0.6 is 0 Å². The van der Waals surface area contributed by atoms with Crippen LogP contribution in [-0.2, 0) is 6.42 Å². The van der Waals surface area contributed by atoms with E-state index in [0.717, 1.165) is 43.8 Å². The summed E-state index contributed by atoms with van der Waals surface area (Å²) in [7, 11) is 0. The number of hydrogen-bond donors (Lipinski definition) is 2. The Hall–Kier alpha value is -2.93. The lowest BCUT2D eigenvalue weighted by Gasteiger charge is -2.37. The summed E-state index contributed by atoms with van der Waals surface area (Å²) in [6.07, 6.45) is 6.27. The number of carbonyl (C=O) groups excluding carboxylic acids is 1. The van der Waals surface area contributed by atoms with Crippen molar-refractivity contribution in [3.8, 4) is 0 Å². The maximum absolute atomic E-state index is 12.9. The molecule has 0 aliphatic carbocycles. The highest BCUT2D eigenvalue weighted by atomic mass is 16.3. The highest BCUT2D eigenvalue weighted by Crippen LogP contribution is 2.29. The lowest BCUT2D eigenvalue weighted by molar-refractivity contribution is 0.102. The Kier molecular flexibility index (Phi) is 5.49. The molecule has 4 heterocycles. The number of piperidine rings is 1. The molecule has 0 radical (unpaired) electrons. The molecule has 0 bridgehead atoms. The van der Waals surface area contributed by atoms with Gasteiger partial charge in [0.2, 0.25) is 0 Å². The summed E-state index contributed by atoms with van der Waals surface area (Å²) in [6, 6.07) is 7.43. The fourth-order valence-electron chi connectivity index (χ4n) is 4.01. The van der Waals surface area contributed by atoms with Crippen LogP contribution in [0.4, 0.5) is 11.4 Å². The normalized spacial score (nSPS) is 19.5. The Labute approximate surface area is 170 Å². The minimum atomic E-state index is -0.270. The summed E-state index contributed by atoms with van der Waals surface area (Å²) >= 11 is 0. The first-order chi connectivity index (χ1) is 14.0. The van der Waals surface area contributed by atoms with E-state index in [2.05, 4.69) is 34.0 Å². The Morgan fingerprint density at radius 3 is 3.00 bits per heavy atom. The van der Waals surface area contributed by atoms with Gasteiger partial charge in [0.05, 0.1) is 17.6 Å². The van der Waals surface area contributed by atoms with E-state index in [1.54, 1.807) is 24.5 Å². The Morgan fingerprint density at radius 2 is 2.21 bits per heavy atom. The smallest absolute Gasteiger partial charge is 0.274 e. The van der Waals surface area contributed by atoms with Gasteiger partial charge < -0.3 is 20.4 Å². The standard InChI is InChI=1S/C22H27N5O2/c1-3-4-16-10-18-21(29-16)6-5-17(25-18)22(28)26-19-11-24-8-7-20(19)27-12-14(2)9-15(23)13-27/h5-8,10-11,14-15H,3-4,9,12-13,23H2,1-2H3,(H,26,28). The summed E-state index contributed by atoms with van der Waals surface area (Å²) in [5.74, 6) is 1.12. The summed E-state index contributed by atoms with van der Waals surface area (Å²) in [4.78, 5) is 23.8. The fraction of sp³-hybridized carbons (Fsp3) is 0.409. The molecule has 1 saturated heterocycles. The van der Waals surface area contributed by atoms with E-state index in [1.807, 2.05) is 12.1 Å². The molecule has 29 heavy (non-hydrogen) atoms. The third-order valence-electron chi connectivity index (χ3n) is 5.23. The van der Waals surface area contributed by atoms with Gasteiger partial charge in [0.15, 0.2) is 5.58 Å². The van der Waals surface area contributed by atoms with E-state index in [4.69, 9.17) is 10.2 Å². The molecular formula is C22H27N5O2. The van der Waals surface area contributed by atoms with Crippen molar-refractivity contribution in [1.29, 1.82) is 0 Å². The van der Waals surface area contributed by atoms with Crippen molar-refractivity contribution in [2.45, 2.75) is 39.2 Å². The predicted octanol–water partition coefficient (Wildman–Crippen LogP) is 3.60. The van der Waals surface area contributed by atoms with E-state index >= 15 is 0 Å². The van der Waals surface area contributed by atoms with Gasteiger partial charge in [-0.25, -0.2) is 4.98 Å². The number of fused-ring (bicyclic) bond motifs is 1. The molecule has 4 rings (SSSR count). The minimum Gasteiger partial charge on any atom is -0.459 e. The first kappa shape index (κ1) is 19.4. The average Bonchev–Trinajstić information content (AvgIpc) is 3.09. The molecule has 2 atom stereocenters. The number of furan rings is 1. The number of nitrogens with two attached hydrogens (primary N) is 1. The lowest BCUT2D eigenvalue weighted by Crippen LogP contribution is -2.46. The number of carbonyl (C=O) groups is 1. The molecule has 1 aliphatic heterocycles. The van der Waals surface area contributed by atoms with Gasteiger partial charge in [0, 0.05) is 37.8 Å². The first-order valence-electron chi connectivity index (χ1n) is 10.2. The highest BCUT2D eigenvalue weighted by molar-refractivity contribution is 6.05. The van der Waals surface area contributed by atoms with Crippen LogP contribution in [-0.4, -0.2) is 35.0 Å². The third-order valence-corrected chi connectivity index (χ3v) is 5.23. The van der Waals surface area contributed by atoms with Crippen LogP contribution in [0.2, 0.25) is 0 Å². The zero-order valence-electron chi connectivity index (χ0n) is 16.9. The molecule has 7 heteroatoms. The van der Waals surface area contributed by atoms with Gasteiger partial charge >= 0.3 is 0 Å². The van der Waals surface area contributed by atoms with Crippen LogP contribution in [0.5, 0.6) is 0 Å². The van der Waals surface area contributed by atoms with Gasteiger partial charge in [0.1, 0.15) is 17.0 Å². The molecular weight excluding hydrogens is 366 g/mol. The van der Waals surface area contributed by atoms with E-state index in [-0.39, 0.29) is 11.9 Å². The maximum atomic E-state index is 12.9. The number of anilines is 2. The molecule has 1 fully saturated rings. The van der Waals surface area contributed by atoms with Gasteiger partial charge in [-0.2, -0.15) is 0 Å². The molecule has 7 nitrogen and oxygen atoms in total. The number of amides is 1. The van der Waals surface area contributed by atoms with Crippen molar-refractivity contribution in [2.24, 2.45) is 11.7 Å². The third kappa shape index (κ3) is 4.24. The van der Waals surface area contributed by atoms with Crippen molar-refractivity contribution >= 4 is 28.4 Å². The molecule has 3 aromatic rings. The zero-order chi connectivity index (χ0) is 20.4. The fourth-order valence-corrected chi connectivity index (χ4v) is 4.01. The van der Waals surface area contributed by atoms with Crippen molar-refractivity contribution in [3.05, 3.63) is 48.1 Å². The van der Waals surface area contributed by atoms with E-state index < -0.39 is 0 Å².